The molecule has 3 rings (SSSR count). The number of carbonyl (C=O) groups is 1. The monoisotopic (exact) mass is 378 g/mol. The summed E-state index contributed by atoms with van der Waals surface area (Å²) in [5, 5.41) is 6.03. The maximum absolute atomic E-state index is 12.7. The number of anilines is 3. The van der Waals surface area contributed by atoms with Crippen molar-refractivity contribution in [2.24, 2.45) is 0 Å². The summed E-state index contributed by atoms with van der Waals surface area (Å²) in [5.74, 6) is 1.82. The molecular formula is C21H22N4O3. The van der Waals surface area contributed by atoms with E-state index in [9.17, 15) is 4.79 Å². The fourth-order valence-electron chi connectivity index (χ4n) is 2.73. The molecular weight excluding hydrogens is 356 g/mol. The first-order chi connectivity index (χ1) is 13.5. The van der Waals surface area contributed by atoms with Crippen molar-refractivity contribution in [3.8, 4) is 11.5 Å². The van der Waals surface area contributed by atoms with Crippen LogP contribution >= 0.6 is 0 Å². The van der Waals surface area contributed by atoms with Crippen LogP contribution in [-0.2, 0) is 0 Å². The second kappa shape index (κ2) is 8.39. The average Bonchev–Trinajstić information content (AvgIpc) is 2.67. The van der Waals surface area contributed by atoms with E-state index in [4.69, 9.17) is 9.47 Å². The van der Waals surface area contributed by atoms with Gasteiger partial charge in [-0.3, -0.25) is 4.79 Å². The van der Waals surface area contributed by atoms with Gasteiger partial charge in [0, 0.05) is 23.5 Å². The zero-order valence-corrected chi connectivity index (χ0v) is 16.2. The van der Waals surface area contributed by atoms with Crippen molar-refractivity contribution in [3.63, 3.8) is 0 Å². The molecule has 7 heteroatoms. The predicted molar refractivity (Wildman–Crippen MR) is 109 cm³/mol. The van der Waals surface area contributed by atoms with Gasteiger partial charge in [0.25, 0.3) is 5.91 Å². The molecule has 2 N–H and O–H groups in total. The van der Waals surface area contributed by atoms with Crippen molar-refractivity contribution in [3.05, 3.63) is 65.6 Å². The summed E-state index contributed by atoms with van der Waals surface area (Å²) in [7, 11) is 3.10. The minimum Gasteiger partial charge on any atom is -0.493 e. The average molecular weight is 378 g/mol. The highest BCUT2D eigenvalue weighted by Gasteiger charge is 2.13. The van der Waals surface area contributed by atoms with Crippen LogP contribution < -0.4 is 20.1 Å². The van der Waals surface area contributed by atoms with Crippen LogP contribution in [-0.4, -0.2) is 30.1 Å². The van der Waals surface area contributed by atoms with Crippen LogP contribution in [0.5, 0.6) is 11.5 Å². The Bertz CT molecular complexity index is 1000. The number of aromatic nitrogens is 2. The van der Waals surface area contributed by atoms with Gasteiger partial charge < -0.3 is 20.1 Å². The van der Waals surface area contributed by atoms with Crippen molar-refractivity contribution < 1.29 is 14.3 Å². The Morgan fingerprint density at radius 3 is 2.39 bits per heavy atom. The van der Waals surface area contributed by atoms with Crippen LogP contribution in [0.1, 0.15) is 21.9 Å². The molecule has 3 aromatic rings. The van der Waals surface area contributed by atoms with Crippen molar-refractivity contribution in [2.45, 2.75) is 13.8 Å². The first-order valence-corrected chi connectivity index (χ1v) is 8.71. The van der Waals surface area contributed by atoms with Crippen LogP contribution in [0.2, 0.25) is 0 Å². The minimum atomic E-state index is -0.343. The van der Waals surface area contributed by atoms with Crippen molar-refractivity contribution >= 4 is 23.1 Å². The molecule has 28 heavy (non-hydrogen) atoms. The first-order valence-electron chi connectivity index (χ1n) is 8.71. The van der Waals surface area contributed by atoms with Gasteiger partial charge >= 0.3 is 0 Å². The second-order valence-electron chi connectivity index (χ2n) is 6.20. The van der Waals surface area contributed by atoms with Crippen LogP contribution in [0.15, 0.2) is 48.5 Å². The minimum absolute atomic E-state index is 0.262. The Kier molecular flexibility index (Phi) is 5.74. The summed E-state index contributed by atoms with van der Waals surface area (Å²) in [6.45, 7) is 3.76. The number of carbonyl (C=O) groups excluding carboxylic acids is 1. The van der Waals surface area contributed by atoms with Gasteiger partial charge in [-0.15, -0.1) is 0 Å². The molecule has 0 saturated heterocycles. The molecule has 2 aromatic carbocycles. The van der Waals surface area contributed by atoms with Gasteiger partial charge in [0.1, 0.15) is 17.3 Å². The third-order valence-electron chi connectivity index (χ3n) is 4.00. The normalized spacial score (nSPS) is 10.3. The van der Waals surface area contributed by atoms with Gasteiger partial charge in [0.05, 0.1) is 14.2 Å². The van der Waals surface area contributed by atoms with Crippen LogP contribution in [0.25, 0.3) is 0 Å². The number of nitrogens with one attached hydrogen (secondary N) is 2. The first kappa shape index (κ1) is 19.2. The summed E-state index contributed by atoms with van der Waals surface area (Å²) in [6, 6.07) is 14.7. The van der Waals surface area contributed by atoms with E-state index in [1.54, 1.807) is 45.4 Å². The molecule has 0 radical (unpaired) electrons. The molecule has 0 aliphatic heterocycles. The highest BCUT2D eigenvalue weighted by Crippen LogP contribution is 2.30. The Balaban J connectivity index is 1.81. The number of amides is 1. The lowest BCUT2D eigenvalue weighted by molar-refractivity contribution is 0.102. The molecule has 0 unspecified atom stereocenters. The number of rotatable bonds is 6. The molecule has 0 bridgehead atoms. The van der Waals surface area contributed by atoms with Crippen LogP contribution in [0, 0.1) is 13.8 Å². The summed E-state index contributed by atoms with van der Waals surface area (Å²) >= 11 is 0. The van der Waals surface area contributed by atoms with E-state index in [0.717, 1.165) is 11.3 Å². The Morgan fingerprint density at radius 2 is 1.68 bits per heavy atom. The van der Waals surface area contributed by atoms with Gasteiger partial charge in [-0.05, 0) is 43.7 Å². The van der Waals surface area contributed by atoms with Crippen LogP contribution in [0.4, 0.5) is 17.2 Å². The summed E-state index contributed by atoms with van der Waals surface area (Å²) < 4.78 is 10.5. The van der Waals surface area contributed by atoms with Crippen LogP contribution in [0.3, 0.4) is 0 Å². The highest BCUT2D eigenvalue weighted by atomic mass is 16.5. The van der Waals surface area contributed by atoms with E-state index >= 15 is 0 Å². The van der Waals surface area contributed by atoms with E-state index < -0.39 is 0 Å². The molecule has 0 atom stereocenters. The molecule has 0 spiro atoms. The molecule has 0 fully saturated rings. The largest absolute Gasteiger partial charge is 0.493 e. The van der Waals surface area contributed by atoms with Crippen molar-refractivity contribution in [2.75, 3.05) is 24.9 Å². The van der Waals surface area contributed by atoms with Gasteiger partial charge in [-0.1, -0.05) is 12.1 Å². The van der Waals surface area contributed by atoms with E-state index in [1.165, 1.54) is 0 Å². The Morgan fingerprint density at radius 1 is 0.893 bits per heavy atom. The lowest BCUT2D eigenvalue weighted by atomic mass is 10.2. The third kappa shape index (κ3) is 4.56. The predicted octanol–water partition coefficient (Wildman–Crippen LogP) is 4.11. The fourth-order valence-corrected chi connectivity index (χ4v) is 2.73. The maximum atomic E-state index is 12.7. The van der Waals surface area contributed by atoms with E-state index in [-0.39, 0.29) is 11.6 Å². The zero-order valence-electron chi connectivity index (χ0n) is 16.2. The smallest absolute Gasteiger partial charge is 0.274 e. The quantitative estimate of drug-likeness (QED) is 0.671. The molecule has 144 valence electrons. The van der Waals surface area contributed by atoms with E-state index in [0.29, 0.717) is 28.8 Å². The summed E-state index contributed by atoms with van der Waals surface area (Å²) in [5.41, 5.74) is 2.86. The van der Waals surface area contributed by atoms with E-state index in [2.05, 4.69) is 20.6 Å². The zero-order chi connectivity index (χ0) is 20.1. The number of ether oxygens (including phenoxy) is 2. The fraction of sp³-hybridized carbons (Fsp3) is 0.190. The SMILES string of the molecule is COc1ccc(NC(=O)c2cc(Nc3cccc(C)c3)nc(C)n2)cc1OC. The molecule has 1 heterocycles. The maximum Gasteiger partial charge on any atom is 0.274 e. The highest BCUT2D eigenvalue weighted by molar-refractivity contribution is 6.03. The van der Waals surface area contributed by atoms with E-state index in [1.807, 2.05) is 31.2 Å². The lowest BCUT2D eigenvalue weighted by Gasteiger charge is -2.11. The number of hydrogen-bond donors (Lipinski definition) is 2. The topological polar surface area (TPSA) is 85.4 Å². The molecule has 7 nitrogen and oxygen atoms in total. The summed E-state index contributed by atoms with van der Waals surface area (Å²) in [4.78, 5) is 21.3. The third-order valence-corrected chi connectivity index (χ3v) is 4.00. The number of methoxy groups -OCH3 is 2. The number of nitrogens with zero attached hydrogens (tertiary/aromatic N) is 2. The second-order valence-corrected chi connectivity index (χ2v) is 6.20. The molecule has 1 amide bonds. The molecule has 0 aliphatic rings. The Hall–Kier alpha value is -3.61. The molecule has 0 aliphatic carbocycles. The molecule has 1 aromatic heterocycles. The lowest BCUT2D eigenvalue weighted by Crippen LogP contribution is -2.15. The Labute approximate surface area is 163 Å². The summed E-state index contributed by atoms with van der Waals surface area (Å²) in [6.07, 6.45) is 0. The molecule has 0 saturated carbocycles. The van der Waals surface area contributed by atoms with Crippen molar-refractivity contribution in [1.29, 1.82) is 0 Å². The number of benzene rings is 2. The van der Waals surface area contributed by atoms with Gasteiger partial charge in [-0.25, -0.2) is 9.97 Å². The van der Waals surface area contributed by atoms with Gasteiger partial charge in [-0.2, -0.15) is 0 Å². The number of hydrogen-bond acceptors (Lipinski definition) is 6. The standard InChI is InChI=1S/C21H22N4O3/c1-13-6-5-7-15(10-13)24-20-12-17(22-14(2)23-20)21(26)25-16-8-9-18(27-3)19(11-16)28-4/h5-12H,1-4H3,(H,25,26)(H,22,23,24). The van der Waals surface area contributed by atoms with Crippen molar-refractivity contribution in [1.82, 2.24) is 9.97 Å². The van der Waals surface area contributed by atoms with Gasteiger partial charge in [0.2, 0.25) is 0 Å². The van der Waals surface area contributed by atoms with Gasteiger partial charge in [0.15, 0.2) is 11.5 Å². The number of aryl methyl sites for hydroxylation is 2.